The molecule has 0 radical (unpaired) electrons. The second kappa shape index (κ2) is 5.22. The Hall–Kier alpha value is -2.55. The normalized spacial score (nSPS) is 14.9. The average molecular weight is 338 g/mol. The van der Waals surface area contributed by atoms with Crippen molar-refractivity contribution in [2.75, 3.05) is 0 Å². The molecule has 0 amide bonds. The van der Waals surface area contributed by atoms with Gasteiger partial charge in [0, 0.05) is 5.41 Å². The first kappa shape index (κ1) is 15.9. The van der Waals surface area contributed by atoms with Gasteiger partial charge < -0.3 is 0 Å². The van der Waals surface area contributed by atoms with Crippen LogP contribution in [0.3, 0.4) is 0 Å². The maximum Gasteiger partial charge on any atom is 0.416 e. The molecule has 0 spiro atoms. The Morgan fingerprint density at radius 1 is 0.680 bits per heavy atom. The molecule has 0 aromatic heterocycles. The molecule has 0 saturated heterocycles. The number of hydrogen-bond donors (Lipinski definition) is 0. The third-order valence-corrected chi connectivity index (χ3v) is 5.13. The van der Waals surface area contributed by atoms with E-state index in [4.69, 9.17) is 0 Å². The van der Waals surface area contributed by atoms with Crippen molar-refractivity contribution in [1.82, 2.24) is 0 Å². The molecule has 0 nitrogen and oxygen atoms in total. The second-order valence-corrected chi connectivity index (χ2v) is 7.01. The first-order chi connectivity index (χ1) is 11.8. The molecule has 0 aliphatic heterocycles. The molecule has 0 atom stereocenters. The van der Waals surface area contributed by atoms with Gasteiger partial charge in [0.2, 0.25) is 0 Å². The van der Waals surface area contributed by atoms with Crippen LogP contribution in [0.25, 0.3) is 22.3 Å². The number of rotatable bonds is 1. The number of hydrogen-bond acceptors (Lipinski definition) is 0. The minimum Gasteiger partial charge on any atom is -0.166 e. The summed E-state index contributed by atoms with van der Waals surface area (Å²) < 4.78 is 38.3. The predicted molar refractivity (Wildman–Crippen MR) is 94.4 cm³/mol. The minimum absolute atomic E-state index is 0.117. The number of alkyl halides is 3. The summed E-state index contributed by atoms with van der Waals surface area (Å²) in [6.45, 7) is 4.38. The summed E-state index contributed by atoms with van der Waals surface area (Å²) >= 11 is 0. The lowest BCUT2D eigenvalue weighted by molar-refractivity contribution is -0.137. The number of fused-ring (bicyclic) bond motifs is 3. The summed E-state index contributed by atoms with van der Waals surface area (Å²) in [5.41, 5.74) is 5.94. The Bertz CT molecular complexity index is 948. The Morgan fingerprint density at radius 3 is 1.96 bits per heavy atom. The van der Waals surface area contributed by atoms with E-state index in [9.17, 15) is 13.2 Å². The molecule has 4 rings (SSSR count). The summed E-state index contributed by atoms with van der Waals surface area (Å²) in [6, 6.07) is 19.9. The third kappa shape index (κ3) is 2.46. The van der Waals surface area contributed by atoms with Crippen molar-refractivity contribution >= 4 is 0 Å². The molecule has 0 saturated carbocycles. The lowest BCUT2D eigenvalue weighted by Gasteiger charge is -2.22. The molecule has 1 aliphatic rings. The van der Waals surface area contributed by atoms with Crippen LogP contribution in [-0.4, -0.2) is 0 Å². The molecular formula is C22H17F3. The molecule has 25 heavy (non-hydrogen) atoms. The van der Waals surface area contributed by atoms with E-state index in [1.54, 1.807) is 12.1 Å². The Balaban J connectivity index is 1.80. The first-order valence-corrected chi connectivity index (χ1v) is 8.20. The molecule has 3 aromatic rings. The van der Waals surface area contributed by atoms with Crippen LogP contribution < -0.4 is 0 Å². The van der Waals surface area contributed by atoms with Gasteiger partial charge in [0.05, 0.1) is 5.56 Å². The number of benzene rings is 3. The maximum atomic E-state index is 12.8. The van der Waals surface area contributed by atoms with Crippen molar-refractivity contribution in [3.05, 3.63) is 83.4 Å². The SMILES string of the molecule is CC1(C)c2ccccc2-c2ccc(-c3ccc(C(F)(F)F)cc3)cc21. The molecule has 0 N–H and O–H groups in total. The highest BCUT2D eigenvalue weighted by Gasteiger charge is 2.35. The number of halogens is 3. The van der Waals surface area contributed by atoms with E-state index in [2.05, 4.69) is 38.1 Å². The van der Waals surface area contributed by atoms with E-state index >= 15 is 0 Å². The smallest absolute Gasteiger partial charge is 0.166 e. The molecule has 3 aromatic carbocycles. The fourth-order valence-corrected chi connectivity index (χ4v) is 3.74. The molecule has 1 aliphatic carbocycles. The van der Waals surface area contributed by atoms with Crippen molar-refractivity contribution < 1.29 is 13.2 Å². The molecule has 0 fully saturated rings. The van der Waals surface area contributed by atoms with Gasteiger partial charge in [-0.1, -0.05) is 62.4 Å². The summed E-state index contributed by atoms with van der Waals surface area (Å²) in [7, 11) is 0. The summed E-state index contributed by atoms with van der Waals surface area (Å²) in [5.74, 6) is 0. The lowest BCUT2D eigenvalue weighted by Crippen LogP contribution is -2.14. The quantitative estimate of drug-likeness (QED) is 0.464. The van der Waals surface area contributed by atoms with Gasteiger partial charge in [-0.2, -0.15) is 13.2 Å². The summed E-state index contributed by atoms with van der Waals surface area (Å²) in [5, 5.41) is 0. The topological polar surface area (TPSA) is 0 Å². The fourth-order valence-electron chi connectivity index (χ4n) is 3.74. The zero-order chi connectivity index (χ0) is 17.8. The molecular weight excluding hydrogens is 321 g/mol. The van der Waals surface area contributed by atoms with Crippen LogP contribution in [0.15, 0.2) is 66.7 Å². The highest BCUT2D eigenvalue weighted by molar-refractivity contribution is 5.83. The van der Waals surface area contributed by atoms with E-state index < -0.39 is 11.7 Å². The van der Waals surface area contributed by atoms with Crippen molar-refractivity contribution in [3.8, 4) is 22.3 Å². The van der Waals surface area contributed by atoms with E-state index in [-0.39, 0.29) is 5.41 Å². The average Bonchev–Trinajstić information content (AvgIpc) is 2.82. The van der Waals surface area contributed by atoms with Gasteiger partial charge in [0.15, 0.2) is 0 Å². The van der Waals surface area contributed by atoms with Crippen molar-refractivity contribution in [2.24, 2.45) is 0 Å². The van der Waals surface area contributed by atoms with Crippen molar-refractivity contribution in [3.63, 3.8) is 0 Å². The van der Waals surface area contributed by atoms with Gasteiger partial charge >= 0.3 is 6.18 Å². The van der Waals surface area contributed by atoms with Gasteiger partial charge in [-0.3, -0.25) is 0 Å². The lowest BCUT2D eigenvalue weighted by atomic mass is 9.81. The Labute approximate surface area is 144 Å². The monoisotopic (exact) mass is 338 g/mol. The van der Waals surface area contributed by atoms with Crippen molar-refractivity contribution in [1.29, 1.82) is 0 Å². The second-order valence-electron chi connectivity index (χ2n) is 7.01. The van der Waals surface area contributed by atoms with Crippen LogP contribution in [0.1, 0.15) is 30.5 Å². The van der Waals surface area contributed by atoms with Gasteiger partial charge in [-0.15, -0.1) is 0 Å². The molecule has 126 valence electrons. The fraction of sp³-hybridized carbons (Fsp3) is 0.182. The van der Waals surface area contributed by atoms with Crippen molar-refractivity contribution in [2.45, 2.75) is 25.4 Å². The highest BCUT2D eigenvalue weighted by Crippen LogP contribution is 2.49. The minimum atomic E-state index is -4.31. The highest BCUT2D eigenvalue weighted by atomic mass is 19.4. The van der Waals surface area contributed by atoms with Gasteiger partial charge in [-0.25, -0.2) is 0 Å². The standard InChI is InChI=1S/C22H17F3/c1-21(2)19-6-4-3-5-17(19)18-12-9-15(13-20(18)21)14-7-10-16(11-8-14)22(23,24)25/h3-13H,1-2H3. The van der Waals surface area contributed by atoms with Crippen LogP contribution in [0.5, 0.6) is 0 Å². The summed E-state index contributed by atoms with van der Waals surface area (Å²) in [4.78, 5) is 0. The Kier molecular flexibility index (Phi) is 3.33. The van der Waals surface area contributed by atoms with Crippen LogP contribution >= 0.6 is 0 Å². The Morgan fingerprint density at radius 2 is 1.28 bits per heavy atom. The van der Waals surface area contributed by atoms with E-state index in [0.29, 0.717) is 0 Å². The zero-order valence-corrected chi connectivity index (χ0v) is 14.0. The predicted octanol–water partition coefficient (Wildman–Crippen LogP) is 6.68. The van der Waals surface area contributed by atoms with Gasteiger partial charge in [-0.05, 0) is 51.6 Å². The first-order valence-electron chi connectivity index (χ1n) is 8.20. The summed E-state index contributed by atoms with van der Waals surface area (Å²) in [6.07, 6.45) is -4.31. The maximum absolute atomic E-state index is 12.8. The largest absolute Gasteiger partial charge is 0.416 e. The van der Waals surface area contributed by atoms with E-state index in [1.165, 1.54) is 22.3 Å². The van der Waals surface area contributed by atoms with E-state index in [0.717, 1.165) is 23.3 Å². The van der Waals surface area contributed by atoms with Crippen LogP contribution in [-0.2, 0) is 11.6 Å². The van der Waals surface area contributed by atoms with Crippen LogP contribution in [0.2, 0.25) is 0 Å². The molecule has 3 heteroatoms. The molecule has 0 heterocycles. The van der Waals surface area contributed by atoms with Gasteiger partial charge in [0.25, 0.3) is 0 Å². The van der Waals surface area contributed by atoms with Gasteiger partial charge in [0.1, 0.15) is 0 Å². The van der Waals surface area contributed by atoms with Crippen LogP contribution in [0, 0.1) is 0 Å². The zero-order valence-electron chi connectivity index (χ0n) is 14.0. The molecule has 0 bridgehead atoms. The van der Waals surface area contributed by atoms with E-state index in [1.807, 2.05) is 18.2 Å². The third-order valence-electron chi connectivity index (χ3n) is 5.13. The molecule has 0 unspecified atom stereocenters. The van der Waals surface area contributed by atoms with Crippen LogP contribution in [0.4, 0.5) is 13.2 Å².